The van der Waals surface area contributed by atoms with Gasteiger partial charge in [0.15, 0.2) is 5.82 Å². The molecule has 0 aliphatic rings. The summed E-state index contributed by atoms with van der Waals surface area (Å²) in [6, 6.07) is 5.80. The van der Waals surface area contributed by atoms with Crippen LogP contribution in [0.2, 0.25) is 0 Å². The number of aromatic amines is 1. The molecule has 0 spiro atoms. The van der Waals surface area contributed by atoms with Crippen LogP contribution < -0.4 is 10.5 Å². The zero-order valence-electron chi connectivity index (χ0n) is 13.0. The molecule has 122 valence electrons. The summed E-state index contributed by atoms with van der Waals surface area (Å²) in [7, 11) is 2.10. The van der Waals surface area contributed by atoms with Crippen molar-refractivity contribution in [3.8, 4) is 11.3 Å². The molecule has 4 rings (SSSR count). The van der Waals surface area contributed by atoms with Crippen LogP contribution in [0.25, 0.3) is 21.5 Å². The molecule has 0 saturated heterocycles. The molecule has 0 saturated carbocycles. The zero-order chi connectivity index (χ0) is 16.5. The second-order valence-corrected chi connectivity index (χ2v) is 7.40. The Balaban J connectivity index is 1.63. The maximum Gasteiger partial charge on any atom is 0.260 e. The second kappa shape index (κ2) is 6.35. The Morgan fingerprint density at radius 3 is 2.96 bits per heavy atom. The molecule has 4 heterocycles. The van der Waals surface area contributed by atoms with E-state index in [1.807, 2.05) is 17.5 Å². The molecule has 1 atom stereocenters. The maximum atomic E-state index is 12.5. The summed E-state index contributed by atoms with van der Waals surface area (Å²) >= 11 is 3.17. The van der Waals surface area contributed by atoms with E-state index in [0.717, 1.165) is 16.9 Å². The Morgan fingerprint density at radius 1 is 1.29 bits per heavy atom. The number of rotatable bonds is 5. The third-order valence-corrected chi connectivity index (χ3v) is 5.44. The normalized spacial score (nSPS) is 12.7. The van der Waals surface area contributed by atoms with E-state index in [1.165, 1.54) is 21.8 Å². The highest BCUT2D eigenvalue weighted by atomic mass is 32.1. The minimum absolute atomic E-state index is 0.106. The van der Waals surface area contributed by atoms with E-state index < -0.39 is 0 Å². The number of thiophene rings is 2. The first-order valence-corrected chi connectivity index (χ1v) is 9.39. The van der Waals surface area contributed by atoms with Crippen LogP contribution in [0.4, 0.5) is 0 Å². The van der Waals surface area contributed by atoms with Crippen molar-refractivity contribution in [1.29, 1.82) is 0 Å². The van der Waals surface area contributed by atoms with Crippen molar-refractivity contribution in [2.24, 2.45) is 0 Å². The topological polar surface area (TPSA) is 63.3 Å². The van der Waals surface area contributed by atoms with Gasteiger partial charge in [0.25, 0.3) is 5.56 Å². The van der Waals surface area contributed by atoms with E-state index >= 15 is 0 Å². The molecular weight excluding hydrogens is 342 g/mol. The van der Waals surface area contributed by atoms with Crippen LogP contribution in [0.15, 0.2) is 49.8 Å². The number of nitrogens with one attached hydrogen (secondary N) is 2. The molecule has 0 amide bonds. The summed E-state index contributed by atoms with van der Waals surface area (Å²) in [5, 5.41) is 6.76. The van der Waals surface area contributed by atoms with Crippen LogP contribution in [0.1, 0.15) is 11.4 Å². The van der Waals surface area contributed by atoms with Gasteiger partial charge in [-0.2, -0.15) is 11.3 Å². The fourth-order valence-corrected chi connectivity index (χ4v) is 4.40. The minimum Gasteiger partial charge on any atom is -0.464 e. The van der Waals surface area contributed by atoms with Gasteiger partial charge in [-0.15, -0.1) is 11.3 Å². The Bertz CT molecular complexity index is 1000. The molecular formula is C17H16N3O2S2+. The van der Waals surface area contributed by atoms with Crippen LogP contribution >= 0.6 is 22.7 Å². The van der Waals surface area contributed by atoms with Crippen LogP contribution in [-0.2, 0) is 13.1 Å². The monoisotopic (exact) mass is 358 g/mol. The van der Waals surface area contributed by atoms with Gasteiger partial charge >= 0.3 is 0 Å². The Morgan fingerprint density at radius 2 is 2.21 bits per heavy atom. The Kier molecular flexibility index (Phi) is 4.05. The van der Waals surface area contributed by atoms with Gasteiger partial charge in [-0.3, -0.25) is 4.79 Å². The van der Waals surface area contributed by atoms with Crippen molar-refractivity contribution in [3.63, 3.8) is 0 Å². The molecule has 5 nitrogen and oxygen atoms in total. The number of furan rings is 1. The molecule has 0 radical (unpaired) electrons. The van der Waals surface area contributed by atoms with Crippen molar-refractivity contribution in [2.45, 2.75) is 13.1 Å². The average molecular weight is 358 g/mol. The average Bonchev–Trinajstić information content (AvgIpc) is 3.27. The summed E-state index contributed by atoms with van der Waals surface area (Å²) in [5.41, 5.74) is 2.00. The van der Waals surface area contributed by atoms with Crippen molar-refractivity contribution < 1.29 is 9.32 Å². The van der Waals surface area contributed by atoms with Crippen LogP contribution in [0.5, 0.6) is 0 Å². The van der Waals surface area contributed by atoms with Crippen LogP contribution in [0.3, 0.4) is 0 Å². The van der Waals surface area contributed by atoms with Crippen LogP contribution in [0, 0.1) is 0 Å². The van der Waals surface area contributed by atoms with Gasteiger partial charge in [0, 0.05) is 16.5 Å². The van der Waals surface area contributed by atoms with E-state index in [4.69, 9.17) is 4.42 Å². The number of nitrogens with zero attached hydrogens (tertiary/aromatic N) is 1. The number of hydrogen-bond donors (Lipinski definition) is 2. The maximum absolute atomic E-state index is 12.5. The lowest BCUT2D eigenvalue weighted by atomic mass is 10.2. The van der Waals surface area contributed by atoms with Crippen molar-refractivity contribution in [1.82, 2.24) is 9.97 Å². The molecule has 4 aromatic rings. The number of H-pyrrole nitrogens is 1. The summed E-state index contributed by atoms with van der Waals surface area (Å²) in [4.78, 5) is 22.1. The fraction of sp³-hybridized carbons (Fsp3) is 0.176. The van der Waals surface area contributed by atoms with E-state index in [0.29, 0.717) is 23.5 Å². The minimum atomic E-state index is -0.106. The number of fused-ring (bicyclic) bond motifs is 1. The van der Waals surface area contributed by atoms with E-state index in [2.05, 4.69) is 33.8 Å². The number of quaternary nitrogens is 1. The molecule has 0 aliphatic heterocycles. The predicted octanol–water partition coefficient (Wildman–Crippen LogP) is 2.52. The first-order valence-electron chi connectivity index (χ1n) is 7.57. The molecule has 7 heteroatoms. The van der Waals surface area contributed by atoms with Gasteiger partial charge in [0.2, 0.25) is 0 Å². The summed E-state index contributed by atoms with van der Waals surface area (Å²) in [6.07, 6.45) is 1.61. The highest BCUT2D eigenvalue weighted by molar-refractivity contribution is 7.17. The summed E-state index contributed by atoms with van der Waals surface area (Å²) in [6.45, 7) is 1.59. The van der Waals surface area contributed by atoms with Crippen molar-refractivity contribution in [3.05, 3.63) is 62.3 Å². The third-order valence-electron chi connectivity index (χ3n) is 3.83. The van der Waals surface area contributed by atoms with E-state index in [1.54, 1.807) is 17.6 Å². The van der Waals surface area contributed by atoms with Crippen molar-refractivity contribution in [2.75, 3.05) is 7.05 Å². The van der Waals surface area contributed by atoms with Gasteiger partial charge in [-0.1, -0.05) is 0 Å². The molecule has 0 fully saturated rings. The molecule has 1 unspecified atom stereocenters. The molecule has 0 aliphatic carbocycles. The molecule has 0 aromatic carbocycles. The first kappa shape index (κ1) is 15.3. The molecule has 4 aromatic heterocycles. The molecule has 24 heavy (non-hydrogen) atoms. The molecule has 0 bridgehead atoms. The van der Waals surface area contributed by atoms with Gasteiger partial charge in [0.1, 0.15) is 23.7 Å². The summed E-state index contributed by atoms with van der Waals surface area (Å²) in [5.74, 6) is 1.41. The lowest BCUT2D eigenvalue weighted by Crippen LogP contribution is -3.06. The quantitative estimate of drug-likeness (QED) is 0.576. The SMILES string of the molecule is C[NH+](Cc1ccsc1)Cc1nc2scc(-c3ccco3)c2c(=O)[nH]1. The Labute approximate surface area is 146 Å². The van der Waals surface area contributed by atoms with Crippen LogP contribution in [-0.4, -0.2) is 17.0 Å². The van der Waals surface area contributed by atoms with Gasteiger partial charge in [0.05, 0.1) is 18.7 Å². The number of hydrogen-bond acceptors (Lipinski definition) is 5. The van der Waals surface area contributed by atoms with Gasteiger partial charge < -0.3 is 14.3 Å². The second-order valence-electron chi connectivity index (χ2n) is 5.76. The third kappa shape index (κ3) is 2.93. The largest absolute Gasteiger partial charge is 0.464 e. The fourth-order valence-electron chi connectivity index (χ4n) is 2.78. The zero-order valence-corrected chi connectivity index (χ0v) is 14.7. The summed E-state index contributed by atoms with van der Waals surface area (Å²) < 4.78 is 5.42. The van der Waals surface area contributed by atoms with Gasteiger partial charge in [-0.05, 0) is 29.0 Å². The molecule has 2 N–H and O–H groups in total. The lowest BCUT2D eigenvalue weighted by Gasteiger charge is -2.12. The Hall–Kier alpha value is -2.22. The standard InChI is InChI=1S/C17H15N3O2S2/c1-20(7-11-4-6-23-9-11)8-14-18-16(21)15-12(10-24-17(15)19-14)13-3-2-5-22-13/h2-6,9-10H,7-8H2,1H3,(H,18,19,21)/p+1. The van der Waals surface area contributed by atoms with E-state index in [9.17, 15) is 4.79 Å². The lowest BCUT2D eigenvalue weighted by molar-refractivity contribution is -0.908. The number of aromatic nitrogens is 2. The van der Waals surface area contributed by atoms with Crippen molar-refractivity contribution >= 4 is 32.9 Å². The highest BCUT2D eigenvalue weighted by Gasteiger charge is 2.16. The van der Waals surface area contributed by atoms with E-state index in [-0.39, 0.29) is 5.56 Å². The smallest absolute Gasteiger partial charge is 0.260 e. The predicted molar refractivity (Wildman–Crippen MR) is 96.6 cm³/mol. The highest BCUT2D eigenvalue weighted by Crippen LogP contribution is 2.30. The van der Waals surface area contributed by atoms with Gasteiger partial charge in [-0.25, -0.2) is 4.98 Å². The first-order chi connectivity index (χ1) is 11.7.